The van der Waals surface area contributed by atoms with Gasteiger partial charge in [0.05, 0.1) is 6.61 Å². The van der Waals surface area contributed by atoms with Crippen molar-refractivity contribution >= 4 is 10.9 Å². The van der Waals surface area contributed by atoms with Crippen LogP contribution in [0.5, 0.6) is 5.75 Å². The minimum absolute atomic E-state index is 0.575. The first-order valence-corrected chi connectivity index (χ1v) is 8.42. The molecule has 3 rings (SSSR count). The van der Waals surface area contributed by atoms with Gasteiger partial charge >= 0.3 is 0 Å². The van der Waals surface area contributed by atoms with Crippen LogP contribution in [0.2, 0.25) is 0 Å². The molecule has 0 fully saturated rings. The molecule has 0 radical (unpaired) electrons. The van der Waals surface area contributed by atoms with Gasteiger partial charge in [-0.25, -0.2) is 0 Å². The standard InChI is InChI=1S/C21H25NO/c1-16(2)18-8-9-21-19(15-18)10-12-22(21)11-5-13-23-20-7-4-6-17(3)14-20/h4,6-10,12,14-16H,5,11,13H2,1-3H3. The maximum Gasteiger partial charge on any atom is 0.119 e. The predicted octanol–water partition coefficient (Wildman–Crippen LogP) is 5.54. The molecule has 0 saturated heterocycles. The quantitative estimate of drug-likeness (QED) is 0.545. The third kappa shape index (κ3) is 3.76. The summed E-state index contributed by atoms with van der Waals surface area (Å²) in [6, 6.07) is 17.2. The molecular formula is C21H25NO. The molecule has 0 spiro atoms. The third-order valence-corrected chi connectivity index (χ3v) is 4.26. The molecule has 0 bridgehead atoms. The molecule has 0 aliphatic heterocycles. The largest absolute Gasteiger partial charge is 0.494 e. The highest BCUT2D eigenvalue weighted by molar-refractivity contribution is 5.81. The van der Waals surface area contributed by atoms with Crippen molar-refractivity contribution in [2.24, 2.45) is 0 Å². The number of aryl methyl sites for hydroxylation is 2. The molecule has 23 heavy (non-hydrogen) atoms. The minimum Gasteiger partial charge on any atom is -0.494 e. The molecule has 2 nitrogen and oxygen atoms in total. The van der Waals surface area contributed by atoms with E-state index in [0.29, 0.717) is 5.92 Å². The normalized spacial score (nSPS) is 11.3. The molecule has 0 aliphatic carbocycles. The summed E-state index contributed by atoms with van der Waals surface area (Å²) in [7, 11) is 0. The van der Waals surface area contributed by atoms with Crippen molar-refractivity contribution < 1.29 is 4.74 Å². The van der Waals surface area contributed by atoms with Gasteiger partial charge in [-0.3, -0.25) is 0 Å². The highest BCUT2D eigenvalue weighted by Gasteiger charge is 2.04. The molecule has 0 saturated carbocycles. The van der Waals surface area contributed by atoms with Gasteiger partial charge in [-0.2, -0.15) is 0 Å². The van der Waals surface area contributed by atoms with Crippen molar-refractivity contribution in [2.45, 2.75) is 39.7 Å². The number of rotatable bonds is 6. The van der Waals surface area contributed by atoms with Crippen LogP contribution in [0.1, 0.15) is 37.3 Å². The minimum atomic E-state index is 0.575. The summed E-state index contributed by atoms with van der Waals surface area (Å²) in [6.07, 6.45) is 3.19. The van der Waals surface area contributed by atoms with E-state index in [9.17, 15) is 0 Å². The molecule has 3 aromatic rings. The summed E-state index contributed by atoms with van der Waals surface area (Å²) < 4.78 is 8.15. The van der Waals surface area contributed by atoms with Gasteiger partial charge in [-0.15, -0.1) is 0 Å². The first-order valence-electron chi connectivity index (χ1n) is 8.42. The monoisotopic (exact) mass is 307 g/mol. The van der Waals surface area contributed by atoms with Gasteiger partial charge in [0.25, 0.3) is 0 Å². The second-order valence-corrected chi connectivity index (χ2v) is 6.50. The summed E-state index contributed by atoms with van der Waals surface area (Å²) in [5.41, 5.74) is 3.95. The lowest BCUT2D eigenvalue weighted by Crippen LogP contribution is -2.03. The average molecular weight is 307 g/mol. The van der Waals surface area contributed by atoms with E-state index < -0.39 is 0 Å². The second-order valence-electron chi connectivity index (χ2n) is 6.50. The SMILES string of the molecule is Cc1cccc(OCCCn2ccc3cc(C(C)C)ccc32)c1. The topological polar surface area (TPSA) is 14.2 Å². The van der Waals surface area contributed by atoms with Crippen LogP contribution in [0.25, 0.3) is 10.9 Å². The van der Waals surface area contributed by atoms with E-state index in [1.165, 1.54) is 22.0 Å². The molecule has 0 atom stereocenters. The van der Waals surface area contributed by atoms with Crippen LogP contribution in [-0.4, -0.2) is 11.2 Å². The van der Waals surface area contributed by atoms with Gasteiger partial charge < -0.3 is 9.30 Å². The molecule has 0 unspecified atom stereocenters. The number of fused-ring (bicyclic) bond motifs is 1. The Morgan fingerprint density at radius 2 is 1.91 bits per heavy atom. The van der Waals surface area contributed by atoms with E-state index >= 15 is 0 Å². The van der Waals surface area contributed by atoms with Crippen molar-refractivity contribution in [3.05, 3.63) is 65.9 Å². The summed E-state index contributed by atoms with van der Waals surface area (Å²) in [6.45, 7) is 8.29. The molecule has 2 aromatic carbocycles. The fourth-order valence-electron chi connectivity index (χ4n) is 2.90. The van der Waals surface area contributed by atoms with Crippen LogP contribution in [0, 0.1) is 6.92 Å². The Hall–Kier alpha value is -2.22. The molecule has 0 N–H and O–H groups in total. The maximum absolute atomic E-state index is 5.83. The average Bonchev–Trinajstić information content (AvgIpc) is 2.94. The number of hydrogen-bond donors (Lipinski definition) is 0. The Bertz CT molecular complexity index is 785. The van der Waals surface area contributed by atoms with Gasteiger partial charge in [0.2, 0.25) is 0 Å². The lowest BCUT2D eigenvalue weighted by Gasteiger charge is -2.09. The number of aromatic nitrogens is 1. The van der Waals surface area contributed by atoms with Crippen molar-refractivity contribution in [3.63, 3.8) is 0 Å². The molecule has 0 aliphatic rings. The van der Waals surface area contributed by atoms with Crippen LogP contribution in [0.15, 0.2) is 54.7 Å². The first-order chi connectivity index (χ1) is 11.1. The fraction of sp³-hybridized carbons (Fsp3) is 0.333. The van der Waals surface area contributed by atoms with E-state index in [2.05, 4.69) is 67.9 Å². The summed E-state index contributed by atoms with van der Waals surface area (Å²) in [5.74, 6) is 1.54. The van der Waals surface area contributed by atoms with Crippen molar-refractivity contribution in [1.82, 2.24) is 4.57 Å². The van der Waals surface area contributed by atoms with Crippen LogP contribution in [0.3, 0.4) is 0 Å². The lowest BCUT2D eigenvalue weighted by molar-refractivity contribution is 0.302. The maximum atomic E-state index is 5.83. The Kier molecular flexibility index (Phi) is 4.71. The van der Waals surface area contributed by atoms with Gasteiger partial charge in [0.1, 0.15) is 5.75 Å². The fourth-order valence-corrected chi connectivity index (χ4v) is 2.90. The predicted molar refractivity (Wildman–Crippen MR) is 97.3 cm³/mol. The Labute approximate surface area is 138 Å². The second kappa shape index (κ2) is 6.91. The number of benzene rings is 2. The molecule has 1 heterocycles. The lowest BCUT2D eigenvalue weighted by atomic mass is 10.0. The van der Waals surface area contributed by atoms with Crippen molar-refractivity contribution in [2.75, 3.05) is 6.61 Å². The number of ether oxygens (including phenoxy) is 1. The van der Waals surface area contributed by atoms with E-state index in [1.54, 1.807) is 0 Å². The Morgan fingerprint density at radius 3 is 2.70 bits per heavy atom. The molecule has 120 valence electrons. The highest BCUT2D eigenvalue weighted by atomic mass is 16.5. The first kappa shape index (κ1) is 15.7. The zero-order valence-corrected chi connectivity index (χ0v) is 14.3. The Balaban J connectivity index is 1.59. The van der Waals surface area contributed by atoms with E-state index in [-0.39, 0.29) is 0 Å². The van der Waals surface area contributed by atoms with Crippen LogP contribution >= 0.6 is 0 Å². The van der Waals surface area contributed by atoms with E-state index in [4.69, 9.17) is 4.74 Å². The van der Waals surface area contributed by atoms with Crippen molar-refractivity contribution in [1.29, 1.82) is 0 Å². The van der Waals surface area contributed by atoms with Crippen LogP contribution in [-0.2, 0) is 6.54 Å². The number of hydrogen-bond acceptors (Lipinski definition) is 1. The van der Waals surface area contributed by atoms with Crippen LogP contribution in [0.4, 0.5) is 0 Å². The number of nitrogens with zero attached hydrogens (tertiary/aromatic N) is 1. The summed E-state index contributed by atoms with van der Waals surface area (Å²) >= 11 is 0. The summed E-state index contributed by atoms with van der Waals surface area (Å²) in [4.78, 5) is 0. The Morgan fingerprint density at radius 1 is 1.04 bits per heavy atom. The summed E-state index contributed by atoms with van der Waals surface area (Å²) in [5, 5.41) is 1.33. The third-order valence-electron chi connectivity index (χ3n) is 4.26. The molecular weight excluding hydrogens is 282 g/mol. The van der Waals surface area contributed by atoms with Gasteiger partial charge in [0.15, 0.2) is 0 Å². The van der Waals surface area contributed by atoms with Crippen LogP contribution < -0.4 is 4.74 Å². The van der Waals surface area contributed by atoms with Gasteiger partial charge in [0, 0.05) is 18.3 Å². The van der Waals surface area contributed by atoms with E-state index in [1.807, 2.05) is 12.1 Å². The van der Waals surface area contributed by atoms with Crippen molar-refractivity contribution in [3.8, 4) is 5.75 Å². The molecule has 2 heteroatoms. The van der Waals surface area contributed by atoms with E-state index in [0.717, 1.165) is 25.3 Å². The van der Waals surface area contributed by atoms with Gasteiger partial charge in [-0.1, -0.05) is 32.0 Å². The molecule has 0 amide bonds. The zero-order valence-electron chi connectivity index (χ0n) is 14.3. The highest BCUT2D eigenvalue weighted by Crippen LogP contribution is 2.22. The van der Waals surface area contributed by atoms with Gasteiger partial charge in [-0.05, 0) is 66.1 Å². The molecule has 1 aromatic heterocycles. The smallest absolute Gasteiger partial charge is 0.119 e. The zero-order chi connectivity index (χ0) is 16.2.